The SMILES string of the molecule is C.C.C.C.CC(=O)Cl.CC(=O)NN.CC(=O)NNC(=O)C(C)C.CC(=O)NNC(=O)C(C)C.CC(=O)NNC(=O)C(C)C.CC(C)C(=O)Cl.CC(C)C(=O)NN.Cc1nnc(C(C)C)o1.O=P(Cl)(Cl)Cl.[C-]#CC(I)(I)I.[C-]#CC(I)I.[V].[V]. The Morgan fingerprint density at radius 2 is 0.747 bits per heavy atom. The number of aromatic nitrogens is 2. The zero-order chi connectivity index (χ0) is 64.2. The number of aryl methyl sites for hydroxylation is 1. The van der Waals surface area contributed by atoms with Gasteiger partial charge in [-0.25, -0.2) is 11.7 Å². The zero-order valence-electron chi connectivity index (χ0n) is 46.6. The molecule has 0 saturated heterocycles. The third-order valence-electron chi connectivity index (χ3n) is 5.27. The number of carbonyl (C=O) groups is 10. The molecule has 0 atom stereocenters. The number of nitrogens with one attached hydrogen (secondary N) is 8. The van der Waals surface area contributed by atoms with Crippen molar-refractivity contribution in [1.29, 1.82) is 0 Å². The van der Waals surface area contributed by atoms with Gasteiger partial charge in [0.15, 0.2) is 0 Å². The van der Waals surface area contributed by atoms with Crippen LogP contribution in [0.3, 0.4) is 0 Å². The number of hydrogen-bond donors (Lipinski definition) is 10. The predicted octanol–water partition coefficient (Wildman–Crippen LogP) is 11.4. The molecule has 12 N–H and O–H groups in total. The van der Waals surface area contributed by atoms with Crippen LogP contribution in [-0.4, -0.2) is 69.3 Å². The molecular weight excluding hydrogens is 1860 g/mol. The number of hydrazine groups is 5. The van der Waals surface area contributed by atoms with Crippen LogP contribution in [0.4, 0.5) is 0 Å². The van der Waals surface area contributed by atoms with Gasteiger partial charge in [0.25, 0.3) is 0 Å². The monoisotopic (exact) mass is 1940 g/mol. The summed E-state index contributed by atoms with van der Waals surface area (Å²) in [6, 6.07) is 0. The fourth-order valence-corrected chi connectivity index (χ4v) is 1.59. The van der Waals surface area contributed by atoms with Crippen molar-refractivity contribution in [3.8, 4) is 11.8 Å². The Hall–Kier alpha value is -0.221. The molecular formula is C46H89Cl5I5N12O12PV2-2. The van der Waals surface area contributed by atoms with E-state index in [9.17, 15) is 52.5 Å². The second-order valence-electron chi connectivity index (χ2n) is 15.0. The summed E-state index contributed by atoms with van der Waals surface area (Å²) in [5.74, 6) is 13.6. The van der Waals surface area contributed by atoms with Gasteiger partial charge in [0.05, 0.1) is 1.93 Å². The Balaban J connectivity index is -0.0000000427. The first-order valence-corrected chi connectivity index (χ1v) is 32.1. The van der Waals surface area contributed by atoms with Crippen molar-refractivity contribution in [2.45, 2.75) is 162 Å². The van der Waals surface area contributed by atoms with Gasteiger partial charge in [0.1, 0.15) is -0.565 Å². The first kappa shape index (κ1) is 124. The summed E-state index contributed by atoms with van der Waals surface area (Å²) in [7, 11) is 0. The summed E-state index contributed by atoms with van der Waals surface area (Å²) in [5, 5.41) is 3.67. The Morgan fingerprint density at radius 3 is 0.807 bits per heavy atom. The molecule has 0 saturated carbocycles. The number of nitrogens with zero attached hydrogens (tertiary/aromatic N) is 2. The molecule has 24 nitrogen and oxygen atoms in total. The van der Waals surface area contributed by atoms with Gasteiger partial charge in [-0.3, -0.25) is 95.9 Å². The summed E-state index contributed by atoms with van der Waals surface area (Å²) >= 11 is 34.0. The molecule has 8 amide bonds. The van der Waals surface area contributed by atoms with E-state index in [1.54, 1.807) is 76.2 Å². The third kappa shape index (κ3) is 161. The molecule has 0 unspecified atom stereocenters. The minimum Gasteiger partial charge on any atom is -0.692 e. The van der Waals surface area contributed by atoms with Crippen LogP contribution in [0.2, 0.25) is 0 Å². The van der Waals surface area contributed by atoms with Crippen LogP contribution < -0.4 is 55.1 Å². The number of carbonyl (C=O) groups excluding carboxylic acids is 10. The largest absolute Gasteiger partial charge is 0.692 e. The minimum absolute atomic E-state index is 0. The van der Waals surface area contributed by atoms with Gasteiger partial charge in [-0.2, -0.15) is 0 Å². The molecule has 83 heavy (non-hydrogen) atoms. The van der Waals surface area contributed by atoms with Crippen molar-refractivity contribution >= 4 is 233 Å². The van der Waals surface area contributed by atoms with Crippen LogP contribution >= 0.6 is 175 Å². The zero-order valence-corrected chi connectivity index (χ0v) is 64.9. The number of rotatable bonds is 6. The van der Waals surface area contributed by atoms with Crippen LogP contribution in [0, 0.1) is 61.2 Å². The van der Waals surface area contributed by atoms with E-state index in [4.69, 9.17) is 34.7 Å². The Labute approximate surface area is 612 Å². The first-order chi connectivity index (χ1) is 34.5. The summed E-state index contributed by atoms with van der Waals surface area (Å²) in [5.41, 5.74) is 17.2. The van der Waals surface area contributed by atoms with E-state index >= 15 is 0 Å². The smallest absolute Gasteiger partial charge is 0.339 e. The molecule has 37 heteroatoms. The number of alkyl halides is 5. The molecule has 0 bridgehead atoms. The van der Waals surface area contributed by atoms with Gasteiger partial charge in [-0.1, -0.05) is 158 Å². The van der Waals surface area contributed by atoms with Crippen molar-refractivity contribution in [3.63, 3.8) is 0 Å². The van der Waals surface area contributed by atoms with Crippen molar-refractivity contribution in [2.24, 2.45) is 41.3 Å². The van der Waals surface area contributed by atoms with Crippen LogP contribution in [0.5, 0.6) is 0 Å². The third-order valence-corrected chi connectivity index (χ3v) is 7.14. The topological polar surface area (TPSA) is 375 Å². The maximum atomic E-state index is 10.7. The van der Waals surface area contributed by atoms with Crippen LogP contribution in [0.15, 0.2) is 4.42 Å². The van der Waals surface area contributed by atoms with E-state index in [-0.39, 0.29) is 156 Å². The summed E-state index contributed by atoms with van der Waals surface area (Å²) in [6.45, 7) is 30.0. The van der Waals surface area contributed by atoms with E-state index in [2.05, 4.69) is 219 Å². The molecule has 0 aliphatic carbocycles. The fourth-order valence-electron chi connectivity index (χ4n) is 1.59. The van der Waals surface area contributed by atoms with E-state index in [1.165, 1.54) is 34.6 Å². The average Bonchev–Trinajstić information content (AvgIpc) is 3.73. The number of amides is 8. The molecule has 0 fully saturated rings. The number of halogens is 10. The summed E-state index contributed by atoms with van der Waals surface area (Å²) in [6.07, 6.45) is 13.0. The van der Waals surface area contributed by atoms with Crippen molar-refractivity contribution in [2.75, 3.05) is 0 Å². The molecule has 1 heterocycles. The van der Waals surface area contributed by atoms with E-state index in [1.807, 2.05) is 24.7 Å². The molecule has 2 radical (unpaired) electrons. The van der Waals surface area contributed by atoms with Crippen LogP contribution in [0.1, 0.15) is 165 Å². The second kappa shape index (κ2) is 79.8. The molecule has 1 aromatic rings. The number of hydrogen-bond acceptors (Lipinski definition) is 16. The average molecular weight is 1950 g/mol. The predicted molar refractivity (Wildman–Crippen MR) is 374 cm³/mol. The Bertz CT molecular complexity index is 1890. The fraction of sp³-hybridized carbons (Fsp3) is 0.652. The van der Waals surface area contributed by atoms with Crippen molar-refractivity contribution in [1.82, 2.24) is 53.6 Å². The standard InChI is InChI=1S/3C6H12N2O2.C6H10N2O.C4H7ClO.C4H10N2O.C3I3.C3HI2.C2H3ClO.C2H6N2O.4CH4.Cl3OP.2V/c3*1-4(2)6(10)8-7-5(3)9;1-4(2)6-8-7-5(3)9-6;1-3(2)4(5)6;1-3(2)4(7)6-5;1-2-3(4,5)6;1-2-3(4)5;1-2(3)4;1-2(5)4-3;;;;;1-5(2,3)4;;/h3*4H,1-3H3,(H,7,9)(H,8,10);4H,1-3H3;3H,1-2H3;3H,5H2,1-2H3,(H,6,7);;3H;1H3;3H2,1H3,(H,4,5);4*1H4;;;/q;;;;;;2*-1;;;;;;;;;. The first-order valence-electron chi connectivity index (χ1n) is 21.2. The van der Waals surface area contributed by atoms with Crippen molar-refractivity contribution in [3.05, 3.63) is 24.6 Å². The van der Waals surface area contributed by atoms with E-state index in [0.29, 0.717) is 17.7 Å². The van der Waals surface area contributed by atoms with E-state index in [0.717, 1.165) is 0 Å². The van der Waals surface area contributed by atoms with Gasteiger partial charge in [-0.05, 0) is 125 Å². The molecule has 492 valence electrons. The number of nitrogens with two attached hydrogens (primary N) is 2. The molecule has 0 aromatic carbocycles. The molecule has 0 aliphatic rings. The molecule has 0 spiro atoms. The summed E-state index contributed by atoms with van der Waals surface area (Å²) < 4.78 is 14.7. The van der Waals surface area contributed by atoms with Gasteiger partial charge in [0, 0.05) is 114 Å². The summed E-state index contributed by atoms with van der Waals surface area (Å²) in [4.78, 5) is 102. The Morgan fingerprint density at radius 1 is 0.542 bits per heavy atom. The maximum absolute atomic E-state index is 10.7. The van der Waals surface area contributed by atoms with E-state index < -0.39 is 5.20 Å². The van der Waals surface area contributed by atoms with Crippen LogP contribution in [0.25, 0.3) is 0 Å². The van der Waals surface area contributed by atoms with Crippen LogP contribution in [-0.2, 0) is 89.6 Å². The van der Waals surface area contributed by atoms with Gasteiger partial charge in [0.2, 0.25) is 69.5 Å². The van der Waals surface area contributed by atoms with Crippen molar-refractivity contribution < 1.29 is 94.0 Å². The minimum atomic E-state index is -3.22. The Kier molecular flexibility index (Phi) is 119. The second-order valence-corrected chi connectivity index (χ2v) is 38.5. The normalized spacial score (nSPS) is 8.57. The quantitative estimate of drug-likeness (QED) is 0.0146. The molecule has 1 aromatic heterocycles. The van der Waals surface area contributed by atoms with Gasteiger partial charge in [-0.15, -0.1) is 10.2 Å². The molecule has 0 aliphatic heterocycles. The maximum Gasteiger partial charge on any atom is 0.339 e. The van der Waals surface area contributed by atoms with Gasteiger partial charge >= 0.3 is 5.20 Å². The molecule has 1 rings (SSSR count). The van der Waals surface area contributed by atoms with Gasteiger partial charge < -0.3 is 29.1 Å².